The van der Waals surface area contributed by atoms with E-state index in [1.807, 2.05) is 0 Å². The third-order valence-electron chi connectivity index (χ3n) is 2.07. The fourth-order valence-electron chi connectivity index (χ4n) is 1.26. The third kappa shape index (κ3) is 3.36. The van der Waals surface area contributed by atoms with Crippen LogP contribution in [0.15, 0.2) is 40.0 Å². The molecule has 19 heavy (non-hydrogen) atoms. The summed E-state index contributed by atoms with van der Waals surface area (Å²) in [5.41, 5.74) is 0. The van der Waals surface area contributed by atoms with Gasteiger partial charge in [0.05, 0.1) is 5.02 Å². The van der Waals surface area contributed by atoms with Crippen molar-refractivity contribution < 1.29 is 8.42 Å². The lowest BCUT2D eigenvalue weighted by molar-refractivity contribution is 0.601. The number of aromatic nitrogens is 2. The lowest BCUT2D eigenvalue weighted by Crippen LogP contribution is -2.15. The van der Waals surface area contributed by atoms with E-state index in [0.717, 1.165) is 0 Å². The van der Waals surface area contributed by atoms with Gasteiger partial charge in [-0.2, -0.15) is 0 Å². The molecule has 9 heteroatoms. The van der Waals surface area contributed by atoms with Crippen molar-refractivity contribution in [3.05, 3.63) is 45.2 Å². The summed E-state index contributed by atoms with van der Waals surface area (Å²) >= 11 is 14.8. The second-order valence-corrected chi connectivity index (χ2v) is 6.71. The van der Waals surface area contributed by atoms with Crippen LogP contribution < -0.4 is 4.72 Å². The van der Waals surface area contributed by atoms with Crippen LogP contribution >= 0.6 is 39.1 Å². The predicted molar refractivity (Wildman–Crippen MR) is 77.0 cm³/mol. The summed E-state index contributed by atoms with van der Waals surface area (Å²) in [4.78, 5) is 7.46. The molecule has 0 aliphatic rings. The fourth-order valence-corrected chi connectivity index (χ4v) is 3.53. The Labute approximate surface area is 128 Å². The third-order valence-corrected chi connectivity index (χ3v) is 4.66. The molecule has 0 radical (unpaired) electrons. The van der Waals surface area contributed by atoms with E-state index in [2.05, 4.69) is 30.6 Å². The number of halogens is 3. The number of nitrogens with one attached hydrogen (secondary N) is 1. The Hall–Kier alpha value is -0.890. The summed E-state index contributed by atoms with van der Waals surface area (Å²) in [7, 11) is -3.87. The van der Waals surface area contributed by atoms with Gasteiger partial charge in [0.25, 0.3) is 10.0 Å². The zero-order valence-electron chi connectivity index (χ0n) is 9.14. The Balaban J connectivity index is 2.41. The molecule has 0 saturated heterocycles. The quantitative estimate of drug-likeness (QED) is 0.883. The van der Waals surface area contributed by atoms with Crippen molar-refractivity contribution in [2.75, 3.05) is 4.72 Å². The zero-order valence-corrected chi connectivity index (χ0v) is 13.1. The van der Waals surface area contributed by atoms with Crippen LogP contribution in [0.4, 0.5) is 5.82 Å². The van der Waals surface area contributed by atoms with Gasteiger partial charge in [0.15, 0.2) is 11.0 Å². The second kappa shape index (κ2) is 5.62. The molecule has 2 rings (SSSR count). The molecular weight excluding hydrogens is 377 g/mol. The van der Waals surface area contributed by atoms with Gasteiger partial charge in [0, 0.05) is 16.9 Å². The molecule has 0 bridgehead atoms. The van der Waals surface area contributed by atoms with E-state index in [1.165, 1.54) is 24.5 Å². The van der Waals surface area contributed by atoms with Gasteiger partial charge in [-0.05, 0) is 18.2 Å². The molecule has 0 fully saturated rings. The summed E-state index contributed by atoms with van der Waals surface area (Å²) in [6, 6.07) is 4.42. The van der Waals surface area contributed by atoms with Gasteiger partial charge in [0.2, 0.25) is 0 Å². The first kappa shape index (κ1) is 14.5. The maximum Gasteiger partial charge on any atom is 0.264 e. The lowest BCUT2D eigenvalue weighted by Gasteiger charge is -2.09. The van der Waals surface area contributed by atoms with Crippen molar-refractivity contribution >= 4 is 55.0 Å². The first-order valence-corrected chi connectivity index (χ1v) is 7.88. The van der Waals surface area contributed by atoms with Crippen LogP contribution in [0.2, 0.25) is 10.2 Å². The van der Waals surface area contributed by atoms with Crippen molar-refractivity contribution in [2.24, 2.45) is 0 Å². The minimum atomic E-state index is -3.87. The average Bonchev–Trinajstić information content (AvgIpc) is 2.31. The average molecular weight is 383 g/mol. The summed E-state index contributed by atoms with van der Waals surface area (Å²) in [5, 5.41) is 0.0428. The molecular formula is C10H6BrCl2N3O2S. The zero-order chi connectivity index (χ0) is 14.0. The SMILES string of the molecule is O=S(=O)(Nc1nccnc1Cl)c1ccc(Br)cc1Cl. The highest BCUT2D eigenvalue weighted by Crippen LogP contribution is 2.27. The van der Waals surface area contributed by atoms with Gasteiger partial charge in [-0.15, -0.1) is 0 Å². The predicted octanol–water partition coefficient (Wildman–Crippen LogP) is 3.35. The summed E-state index contributed by atoms with van der Waals surface area (Å²) in [6.45, 7) is 0. The Bertz CT molecular complexity index is 724. The van der Waals surface area contributed by atoms with Crippen LogP contribution in [0.3, 0.4) is 0 Å². The number of benzene rings is 1. The highest BCUT2D eigenvalue weighted by Gasteiger charge is 2.20. The smallest absolute Gasteiger partial charge is 0.261 e. The van der Waals surface area contributed by atoms with Crippen LogP contribution in [0.1, 0.15) is 0 Å². The molecule has 0 saturated carbocycles. The number of rotatable bonds is 3. The van der Waals surface area contributed by atoms with Crippen molar-refractivity contribution in [1.29, 1.82) is 0 Å². The summed E-state index contributed by atoms with van der Waals surface area (Å²) < 4.78 is 27.2. The van der Waals surface area contributed by atoms with E-state index >= 15 is 0 Å². The standard InChI is InChI=1S/C10H6BrCl2N3O2S/c11-6-1-2-8(7(12)5-6)19(17,18)16-10-9(13)14-3-4-15-10/h1-5H,(H,15,16). The van der Waals surface area contributed by atoms with Gasteiger partial charge in [-0.3, -0.25) is 4.72 Å². The van der Waals surface area contributed by atoms with Gasteiger partial charge in [0.1, 0.15) is 4.90 Å². The van der Waals surface area contributed by atoms with E-state index < -0.39 is 10.0 Å². The first-order valence-electron chi connectivity index (χ1n) is 4.84. The maximum atomic E-state index is 12.1. The summed E-state index contributed by atoms with van der Waals surface area (Å²) in [5.74, 6) is -0.0526. The molecule has 0 aliphatic heterocycles. The van der Waals surface area contributed by atoms with Crippen molar-refractivity contribution in [2.45, 2.75) is 4.90 Å². The van der Waals surface area contributed by atoms with Gasteiger partial charge in [-0.1, -0.05) is 39.1 Å². The van der Waals surface area contributed by atoms with Crippen molar-refractivity contribution in [1.82, 2.24) is 9.97 Å². The highest BCUT2D eigenvalue weighted by atomic mass is 79.9. The molecule has 0 amide bonds. The molecule has 1 aromatic heterocycles. The van der Waals surface area contributed by atoms with Crippen LogP contribution in [-0.2, 0) is 10.0 Å². The Morgan fingerprint density at radius 2 is 1.84 bits per heavy atom. The van der Waals surface area contributed by atoms with Crippen LogP contribution in [0, 0.1) is 0 Å². The van der Waals surface area contributed by atoms with E-state index in [-0.39, 0.29) is 20.9 Å². The molecule has 0 unspecified atom stereocenters. The van der Waals surface area contributed by atoms with Crippen molar-refractivity contribution in [3.8, 4) is 0 Å². The van der Waals surface area contributed by atoms with Crippen LogP contribution in [-0.4, -0.2) is 18.4 Å². The first-order chi connectivity index (χ1) is 8.90. The Morgan fingerprint density at radius 3 is 2.47 bits per heavy atom. The second-order valence-electron chi connectivity index (χ2n) is 3.38. The van der Waals surface area contributed by atoms with Crippen LogP contribution in [0.25, 0.3) is 0 Å². The van der Waals surface area contributed by atoms with E-state index in [1.54, 1.807) is 6.07 Å². The monoisotopic (exact) mass is 381 g/mol. The number of hydrogen-bond donors (Lipinski definition) is 1. The van der Waals surface area contributed by atoms with Gasteiger partial charge >= 0.3 is 0 Å². The highest BCUT2D eigenvalue weighted by molar-refractivity contribution is 9.10. The minimum absolute atomic E-state index is 0.0423. The number of sulfonamides is 1. The molecule has 0 aliphatic carbocycles. The van der Waals surface area contributed by atoms with E-state index in [9.17, 15) is 8.42 Å². The Morgan fingerprint density at radius 1 is 1.16 bits per heavy atom. The number of anilines is 1. The normalized spacial score (nSPS) is 11.3. The molecule has 100 valence electrons. The van der Waals surface area contributed by atoms with E-state index in [4.69, 9.17) is 23.2 Å². The minimum Gasteiger partial charge on any atom is -0.261 e. The van der Waals surface area contributed by atoms with Crippen LogP contribution in [0.5, 0.6) is 0 Å². The Kier molecular flexibility index (Phi) is 4.29. The molecule has 0 atom stereocenters. The fraction of sp³-hybridized carbons (Fsp3) is 0. The molecule has 1 aromatic carbocycles. The molecule has 1 heterocycles. The van der Waals surface area contributed by atoms with E-state index in [0.29, 0.717) is 4.47 Å². The molecule has 1 N–H and O–H groups in total. The molecule has 0 spiro atoms. The number of hydrogen-bond acceptors (Lipinski definition) is 4. The lowest BCUT2D eigenvalue weighted by atomic mass is 10.4. The molecule has 2 aromatic rings. The number of nitrogens with zero attached hydrogens (tertiary/aromatic N) is 2. The topological polar surface area (TPSA) is 72.0 Å². The van der Waals surface area contributed by atoms with Gasteiger partial charge < -0.3 is 0 Å². The molecule has 5 nitrogen and oxygen atoms in total. The van der Waals surface area contributed by atoms with Crippen molar-refractivity contribution in [3.63, 3.8) is 0 Å². The summed E-state index contributed by atoms with van der Waals surface area (Å²) in [6.07, 6.45) is 2.68. The largest absolute Gasteiger partial charge is 0.264 e. The maximum absolute atomic E-state index is 12.1. The van der Waals surface area contributed by atoms with Gasteiger partial charge in [-0.25, -0.2) is 18.4 Å².